The number of fused-ring (bicyclic) bond motifs is 1. The molecule has 23 heavy (non-hydrogen) atoms. The molecule has 2 aromatic rings. The zero-order chi connectivity index (χ0) is 16.1. The minimum absolute atomic E-state index is 0.000284. The summed E-state index contributed by atoms with van der Waals surface area (Å²) in [6, 6.07) is 9.54. The van der Waals surface area contributed by atoms with Gasteiger partial charge in [-0.25, -0.2) is 0 Å². The maximum atomic E-state index is 12.1. The number of hydrogen-bond acceptors (Lipinski definition) is 4. The standard InChI is InChI=1S/C18H21NO3S/c1-2-21-14-6-8-15(9-7-14)22-11-10-19-18(20)17-12-13-4-3-5-16(13)23-17/h6-9,12H,2-5,10-11H2,1H3,(H,19,20). The fraction of sp³-hybridized carbons (Fsp3) is 0.389. The van der Waals surface area contributed by atoms with Crippen LogP contribution in [-0.2, 0) is 12.8 Å². The van der Waals surface area contributed by atoms with E-state index in [4.69, 9.17) is 9.47 Å². The summed E-state index contributed by atoms with van der Waals surface area (Å²) in [6.45, 7) is 3.55. The largest absolute Gasteiger partial charge is 0.494 e. The Labute approximate surface area is 140 Å². The van der Waals surface area contributed by atoms with Crippen molar-refractivity contribution in [1.29, 1.82) is 0 Å². The summed E-state index contributed by atoms with van der Waals surface area (Å²) in [7, 11) is 0. The second-order valence-electron chi connectivity index (χ2n) is 5.42. The molecule has 4 nitrogen and oxygen atoms in total. The number of thiophene rings is 1. The summed E-state index contributed by atoms with van der Waals surface area (Å²) in [5.41, 5.74) is 1.35. The van der Waals surface area contributed by atoms with E-state index in [1.807, 2.05) is 37.3 Å². The molecule has 3 rings (SSSR count). The van der Waals surface area contributed by atoms with E-state index in [9.17, 15) is 4.79 Å². The molecule has 0 unspecified atom stereocenters. The van der Waals surface area contributed by atoms with E-state index in [1.54, 1.807) is 11.3 Å². The molecule has 1 aliphatic carbocycles. The van der Waals surface area contributed by atoms with E-state index in [-0.39, 0.29) is 5.91 Å². The third kappa shape index (κ3) is 4.05. The molecule has 1 aliphatic rings. The Kier molecular flexibility index (Phi) is 5.18. The summed E-state index contributed by atoms with van der Waals surface area (Å²) in [5, 5.41) is 2.91. The van der Waals surface area contributed by atoms with Crippen molar-refractivity contribution in [3.05, 3.63) is 45.6 Å². The first-order valence-electron chi connectivity index (χ1n) is 8.01. The first-order chi connectivity index (χ1) is 11.3. The molecule has 1 N–H and O–H groups in total. The van der Waals surface area contributed by atoms with Gasteiger partial charge in [-0.1, -0.05) is 0 Å². The van der Waals surface area contributed by atoms with Crippen LogP contribution in [0.1, 0.15) is 33.5 Å². The average molecular weight is 331 g/mol. The van der Waals surface area contributed by atoms with Gasteiger partial charge in [0.05, 0.1) is 18.0 Å². The minimum atomic E-state index is -0.000284. The van der Waals surface area contributed by atoms with Gasteiger partial charge in [-0.15, -0.1) is 11.3 Å². The Morgan fingerprint density at radius 3 is 2.61 bits per heavy atom. The number of carbonyl (C=O) groups is 1. The molecule has 0 saturated heterocycles. The molecular formula is C18H21NO3S. The molecule has 0 aliphatic heterocycles. The Hall–Kier alpha value is -2.01. The third-order valence-electron chi connectivity index (χ3n) is 3.76. The molecule has 0 bridgehead atoms. The first kappa shape index (κ1) is 15.9. The van der Waals surface area contributed by atoms with Gasteiger partial charge in [0.25, 0.3) is 5.91 Å². The number of nitrogens with one attached hydrogen (secondary N) is 1. The van der Waals surface area contributed by atoms with Crippen LogP contribution < -0.4 is 14.8 Å². The van der Waals surface area contributed by atoms with Crippen LogP contribution >= 0.6 is 11.3 Å². The van der Waals surface area contributed by atoms with E-state index in [0.29, 0.717) is 19.8 Å². The van der Waals surface area contributed by atoms with Crippen LogP contribution in [0.2, 0.25) is 0 Å². The normalized spacial score (nSPS) is 12.7. The highest BCUT2D eigenvalue weighted by Crippen LogP contribution is 2.30. The predicted molar refractivity (Wildman–Crippen MR) is 91.8 cm³/mol. The number of benzene rings is 1. The van der Waals surface area contributed by atoms with Crippen LogP contribution in [-0.4, -0.2) is 25.7 Å². The lowest BCUT2D eigenvalue weighted by atomic mass is 10.2. The molecule has 0 atom stereocenters. The monoisotopic (exact) mass is 331 g/mol. The highest BCUT2D eigenvalue weighted by molar-refractivity contribution is 7.14. The van der Waals surface area contributed by atoms with E-state index >= 15 is 0 Å². The van der Waals surface area contributed by atoms with E-state index < -0.39 is 0 Å². The molecular weight excluding hydrogens is 310 g/mol. The van der Waals surface area contributed by atoms with Crippen molar-refractivity contribution in [1.82, 2.24) is 5.32 Å². The van der Waals surface area contributed by atoms with Crippen molar-refractivity contribution >= 4 is 17.2 Å². The quantitative estimate of drug-likeness (QED) is 0.791. The van der Waals surface area contributed by atoms with Gasteiger partial charge in [0.1, 0.15) is 18.1 Å². The topological polar surface area (TPSA) is 47.6 Å². The zero-order valence-electron chi connectivity index (χ0n) is 13.3. The van der Waals surface area contributed by atoms with Crippen molar-refractivity contribution in [2.45, 2.75) is 26.2 Å². The van der Waals surface area contributed by atoms with Gasteiger partial charge in [0, 0.05) is 4.88 Å². The maximum Gasteiger partial charge on any atom is 0.261 e. The van der Waals surface area contributed by atoms with Crippen molar-refractivity contribution in [2.24, 2.45) is 0 Å². The van der Waals surface area contributed by atoms with Crippen molar-refractivity contribution in [3.63, 3.8) is 0 Å². The number of rotatable bonds is 7. The molecule has 1 aromatic carbocycles. The van der Waals surface area contributed by atoms with Crippen LogP contribution in [0, 0.1) is 0 Å². The van der Waals surface area contributed by atoms with Crippen molar-refractivity contribution in [3.8, 4) is 11.5 Å². The fourth-order valence-electron chi connectivity index (χ4n) is 2.66. The van der Waals surface area contributed by atoms with Crippen LogP contribution in [0.3, 0.4) is 0 Å². The molecule has 0 spiro atoms. The molecule has 122 valence electrons. The van der Waals surface area contributed by atoms with Gasteiger partial charge in [-0.05, 0) is 62.1 Å². The lowest BCUT2D eigenvalue weighted by Gasteiger charge is -2.08. The van der Waals surface area contributed by atoms with E-state index in [0.717, 1.165) is 29.2 Å². The third-order valence-corrected chi connectivity index (χ3v) is 5.00. The fourth-order valence-corrected chi connectivity index (χ4v) is 3.83. The second-order valence-corrected chi connectivity index (χ2v) is 6.56. The number of aryl methyl sites for hydroxylation is 2. The number of ether oxygens (including phenoxy) is 2. The van der Waals surface area contributed by atoms with Crippen LogP contribution in [0.25, 0.3) is 0 Å². The Bertz CT molecular complexity index is 642. The second kappa shape index (κ2) is 7.51. The lowest BCUT2D eigenvalue weighted by molar-refractivity contribution is 0.0951. The van der Waals surface area contributed by atoms with Crippen LogP contribution in [0.5, 0.6) is 11.5 Å². The van der Waals surface area contributed by atoms with Crippen LogP contribution in [0.15, 0.2) is 30.3 Å². The van der Waals surface area contributed by atoms with Gasteiger partial charge < -0.3 is 14.8 Å². The van der Waals surface area contributed by atoms with Crippen LogP contribution in [0.4, 0.5) is 0 Å². The number of carbonyl (C=O) groups excluding carboxylic acids is 1. The molecule has 1 heterocycles. The average Bonchev–Trinajstić information content (AvgIpc) is 3.15. The lowest BCUT2D eigenvalue weighted by Crippen LogP contribution is -2.27. The van der Waals surface area contributed by atoms with Gasteiger partial charge in [0.15, 0.2) is 0 Å². The predicted octanol–water partition coefficient (Wildman–Crippen LogP) is 3.44. The van der Waals surface area contributed by atoms with Gasteiger partial charge in [-0.2, -0.15) is 0 Å². The van der Waals surface area contributed by atoms with Gasteiger partial charge in [-0.3, -0.25) is 4.79 Å². The first-order valence-corrected chi connectivity index (χ1v) is 8.83. The zero-order valence-corrected chi connectivity index (χ0v) is 14.1. The Morgan fingerprint density at radius 2 is 1.91 bits per heavy atom. The van der Waals surface area contributed by atoms with E-state index in [2.05, 4.69) is 5.32 Å². The van der Waals surface area contributed by atoms with Crippen molar-refractivity contribution in [2.75, 3.05) is 19.8 Å². The molecule has 0 saturated carbocycles. The summed E-state index contributed by atoms with van der Waals surface area (Å²) < 4.78 is 11.0. The number of amides is 1. The summed E-state index contributed by atoms with van der Waals surface area (Å²) >= 11 is 1.62. The SMILES string of the molecule is CCOc1ccc(OCCNC(=O)c2cc3c(s2)CCC3)cc1. The van der Waals surface area contributed by atoms with Gasteiger partial charge in [0.2, 0.25) is 0 Å². The summed E-state index contributed by atoms with van der Waals surface area (Å²) in [6.07, 6.45) is 3.45. The Morgan fingerprint density at radius 1 is 1.17 bits per heavy atom. The highest BCUT2D eigenvalue weighted by atomic mass is 32.1. The molecule has 1 aromatic heterocycles. The molecule has 5 heteroatoms. The number of hydrogen-bond donors (Lipinski definition) is 1. The summed E-state index contributed by atoms with van der Waals surface area (Å²) in [4.78, 5) is 14.3. The van der Waals surface area contributed by atoms with Gasteiger partial charge >= 0.3 is 0 Å². The molecule has 0 radical (unpaired) electrons. The summed E-state index contributed by atoms with van der Waals surface area (Å²) in [5.74, 6) is 1.61. The minimum Gasteiger partial charge on any atom is -0.494 e. The molecule has 0 fully saturated rings. The highest BCUT2D eigenvalue weighted by Gasteiger charge is 2.18. The van der Waals surface area contributed by atoms with Crippen molar-refractivity contribution < 1.29 is 14.3 Å². The maximum absolute atomic E-state index is 12.1. The van der Waals surface area contributed by atoms with E-state index in [1.165, 1.54) is 16.9 Å². The Balaban J connectivity index is 1.41. The molecule has 1 amide bonds. The smallest absolute Gasteiger partial charge is 0.261 e.